The summed E-state index contributed by atoms with van der Waals surface area (Å²) in [6.45, 7) is 5.99. The van der Waals surface area contributed by atoms with E-state index in [4.69, 9.17) is 14.2 Å². The third-order valence-electron chi connectivity index (χ3n) is 5.44. The molecule has 1 aliphatic rings. The van der Waals surface area contributed by atoms with Crippen LogP contribution in [-0.2, 0) is 9.53 Å². The van der Waals surface area contributed by atoms with Crippen LogP contribution in [0.3, 0.4) is 0 Å². The molecular formula is C24H28N4O4. The minimum Gasteiger partial charge on any atom is -0.493 e. The van der Waals surface area contributed by atoms with Crippen molar-refractivity contribution in [2.75, 3.05) is 38.7 Å². The second kappa shape index (κ2) is 9.82. The Labute approximate surface area is 187 Å². The highest BCUT2D eigenvalue weighted by atomic mass is 16.5. The van der Waals surface area contributed by atoms with Crippen molar-refractivity contribution in [2.45, 2.75) is 26.0 Å². The van der Waals surface area contributed by atoms with E-state index in [2.05, 4.69) is 34.3 Å². The predicted octanol–water partition coefficient (Wildman–Crippen LogP) is 3.44. The molecule has 0 radical (unpaired) electrons. The van der Waals surface area contributed by atoms with Gasteiger partial charge in [0.25, 0.3) is 0 Å². The first-order valence-corrected chi connectivity index (χ1v) is 10.7. The van der Waals surface area contributed by atoms with Crippen molar-refractivity contribution in [1.82, 2.24) is 14.9 Å². The summed E-state index contributed by atoms with van der Waals surface area (Å²) in [5.74, 6) is 1.74. The van der Waals surface area contributed by atoms with Gasteiger partial charge in [-0.25, -0.2) is 9.97 Å². The smallest absolute Gasteiger partial charge is 0.320 e. The third-order valence-corrected chi connectivity index (χ3v) is 5.44. The highest BCUT2D eigenvalue weighted by molar-refractivity contribution is 5.91. The molecule has 0 aliphatic carbocycles. The fraction of sp³-hybridized carbons (Fsp3) is 0.375. The molecule has 1 N–H and O–H groups in total. The Morgan fingerprint density at radius 1 is 1.22 bits per heavy atom. The Kier molecular flexibility index (Phi) is 6.70. The Hall–Kier alpha value is -3.39. The van der Waals surface area contributed by atoms with Gasteiger partial charge in [0.05, 0.1) is 19.2 Å². The lowest BCUT2D eigenvalue weighted by Gasteiger charge is -2.29. The molecule has 1 saturated heterocycles. The molecule has 1 fully saturated rings. The summed E-state index contributed by atoms with van der Waals surface area (Å²) in [5.41, 5.74) is 1.93. The van der Waals surface area contributed by atoms with Crippen molar-refractivity contribution >= 4 is 22.7 Å². The maximum absolute atomic E-state index is 11.6. The van der Waals surface area contributed by atoms with Gasteiger partial charge >= 0.3 is 5.97 Å². The summed E-state index contributed by atoms with van der Waals surface area (Å²) >= 11 is 0. The molecule has 0 bridgehead atoms. The van der Waals surface area contributed by atoms with Crippen molar-refractivity contribution in [1.29, 1.82) is 0 Å². The molecule has 0 saturated carbocycles. The molecule has 4 rings (SSSR count). The molecule has 2 heterocycles. The van der Waals surface area contributed by atoms with Crippen LogP contribution in [0.2, 0.25) is 0 Å². The number of nitrogens with zero attached hydrogens (tertiary/aromatic N) is 3. The first-order valence-electron chi connectivity index (χ1n) is 10.7. The number of methoxy groups -OCH3 is 1. The average Bonchev–Trinajstić information content (AvgIpc) is 2.79. The number of morpholine rings is 1. The summed E-state index contributed by atoms with van der Waals surface area (Å²) in [5, 5.41) is 4.32. The zero-order valence-electron chi connectivity index (χ0n) is 18.6. The van der Waals surface area contributed by atoms with Crippen molar-refractivity contribution in [2.24, 2.45) is 0 Å². The summed E-state index contributed by atoms with van der Waals surface area (Å²) in [4.78, 5) is 22.5. The van der Waals surface area contributed by atoms with Gasteiger partial charge in [0, 0.05) is 30.6 Å². The molecule has 1 aromatic heterocycles. The Morgan fingerprint density at radius 2 is 2.03 bits per heavy atom. The van der Waals surface area contributed by atoms with E-state index in [-0.39, 0.29) is 24.7 Å². The first-order chi connectivity index (χ1) is 15.5. The number of cyclic esters (lactones) is 1. The van der Waals surface area contributed by atoms with E-state index in [0.29, 0.717) is 31.2 Å². The van der Waals surface area contributed by atoms with Gasteiger partial charge in [-0.05, 0) is 25.5 Å². The van der Waals surface area contributed by atoms with Crippen LogP contribution in [0.5, 0.6) is 11.5 Å². The standard InChI is InChI=1S/C24H28N4O4/c1-16-13-28(14-23(29)32-16)9-10-31-22-11-19-20(12-21(22)30-3)25-15-26-24(19)27-17(2)18-7-5-4-6-8-18/h4-8,11-12,15-17H,9-10,13-14H2,1-3H3,(H,25,26,27)/t16-,17+/m0/s1. The van der Waals surface area contributed by atoms with Crippen LogP contribution in [0.4, 0.5) is 5.82 Å². The maximum atomic E-state index is 11.6. The number of benzene rings is 2. The SMILES string of the molecule is COc1cc2ncnc(N[C@H](C)c3ccccc3)c2cc1OCCN1CC(=O)O[C@@H](C)C1. The van der Waals surface area contributed by atoms with Crippen molar-refractivity contribution in [3.8, 4) is 11.5 Å². The number of rotatable bonds is 8. The van der Waals surface area contributed by atoms with Gasteiger partial charge in [0.1, 0.15) is 24.9 Å². The lowest BCUT2D eigenvalue weighted by atomic mass is 10.1. The van der Waals surface area contributed by atoms with Crippen LogP contribution < -0.4 is 14.8 Å². The molecule has 1 aliphatic heterocycles. The van der Waals surface area contributed by atoms with Crippen LogP contribution in [0.1, 0.15) is 25.5 Å². The number of ether oxygens (including phenoxy) is 3. The molecule has 3 aromatic rings. The van der Waals surface area contributed by atoms with Crippen molar-refractivity contribution in [3.63, 3.8) is 0 Å². The van der Waals surface area contributed by atoms with E-state index in [1.807, 2.05) is 42.2 Å². The molecule has 2 aromatic carbocycles. The first kappa shape index (κ1) is 21.8. The van der Waals surface area contributed by atoms with Crippen LogP contribution in [0, 0.1) is 0 Å². The van der Waals surface area contributed by atoms with E-state index < -0.39 is 0 Å². The number of carbonyl (C=O) groups is 1. The number of aromatic nitrogens is 2. The number of esters is 1. The minimum atomic E-state index is -0.201. The Morgan fingerprint density at radius 3 is 2.78 bits per heavy atom. The summed E-state index contributed by atoms with van der Waals surface area (Å²) < 4.78 is 16.8. The highest BCUT2D eigenvalue weighted by Gasteiger charge is 2.23. The van der Waals surface area contributed by atoms with E-state index in [1.165, 1.54) is 5.56 Å². The lowest BCUT2D eigenvalue weighted by Crippen LogP contribution is -2.45. The fourth-order valence-electron chi connectivity index (χ4n) is 3.85. The van der Waals surface area contributed by atoms with Gasteiger partial charge in [0.15, 0.2) is 11.5 Å². The molecule has 0 amide bonds. The van der Waals surface area contributed by atoms with E-state index >= 15 is 0 Å². The number of hydrogen-bond donors (Lipinski definition) is 1. The normalized spacial score (nSPS) is 17.6. The molecule has 2 atom stereocenters. The molecule has 168 valence electrons. The van der Waals surface area contributed by atoms with Gasteiger partial charge in [-0.1, -0.05) is 30.3 Å². The second-order valence-electron chi connectivity index (χ2n) is 7.90. The quantitative estimate of drug-likeness (QED) is 0.538. The van der Waals surface area contributed by atoms with Gasteiger partial charge in [-0.15, -0.1) is 0 Å². The van der Waals surface area contributed by atoms with E-state index in [1.54, 1.807) is 13.4 Å². The van der Waals surface area contributed by atoms with Gasteiger partial charge in [-0.2, -0.15) is 0 Å². The minimum absolute atomic E-state index is 0.0709. The molecular weight excluding hydrogens is 408 g/mol. The molecule has 0 spiro atoms. The van der Waals surface area contributed by atoms with Gasteiger partial charge in [-0.3, -0.25) is 9.69 Å². The molecule has 32 heavy (non-hydrogen) atoms. The number of fused-ring (bicyclic) bond motifs is 1. The topological polar surface area (TPSA) is 85.8 Å². The monoisotopic (exact) mass is 436 g/mol. The number of nitrogens with one attached hydrogen (secondary N) is 1. The second-order valence-corrected chi connectivity index (χ2v) is 7.90. The Bertz CT molecular complexity index is 1080. The summed E-state index contributed by atoms with van der Waals surface area (Å²) in [6, 6.07) is 14.0. The maximum Gasteiger partial charge on any atom is 0.320 e. The van der Waals surface area contributed by atoms with E-state index in [9.17, 15) is 4.79 Å². The highest BCUT2D eigenvalue weighted by Crippen LogP contribution is 2.34. The fourth-order valence-corrected chi connectivity index (χ4v) is 3.85. The van der Waals surface area contributed by atoms with Gasteiger partial charge < -0.3 is 19.5 Å². The van der Waals surface area contributed by atoms with Crippen molar-refractivity contribution < 1.29 is 19.0 Å². The predicted molar refractivity (Wildman–Crippen MR) is 122 cm³/mol. The lowest BCUT2D eigenvalue weighted by molar-refractivity contribution is -0.157. The Balaban J connectivity index is 1.52. The summed E-state index contributed by atoms with van der Waals surface area (Å²) in [6.07, 6.45) is 1.43. The van der Waals surface area contributed by atoms with E-state index in [0.717, 1.165) is 16.7 Å². The molecule has 8 nitrogen and oxygen atoms in total. The zero-order chi connectivity index (χ0) is 22.5. The molecule has 0 unspecified atom stereocenters. The number of carbonyl (C=O) groups excluding carboxylic acids is 1. The van der Waals surface area contributed by atoms with Crippen LogP contribution >= 0.6 is 0 Å². The largest absolute Gasteiger partial charge is 0.493 e. The van der Waals surface area contributed by atoms with Crippen LogP contribution in [-0.4, -0.2) is 60.3 Å². The van der Waals surface area contributed by atoms with Crippen LogP contribution in [0.25, 0.3) is 10.9 Å². The third kappa shape index (κ3) is 5.08. The van der Waals surface area contributed by atoms with Gasteiger partial charge in [0.2, 0.25) is 0 Å². The molecule has 8 heteroatoms. The van der Waals surface area contributed by atoms with Crippen LogP contribution in [0.15, 0.2) is 48.8 Å². The number of anilines is 1. The summed E-state index contributed by atoms with van der Waals surface area (Å²) in [7, 11) is 1.61. The number of hydrogen-bond acceptors (Lipinski definition) is 8. The zero-order valence-corrected chi connectivity index (χ0v) is 18.6. The van der Waals surface area contributed by atoms with Crippen molar-refractivity contribution in [3.05, 3.63) is 54.4 Å². The average molecular weight is 437 g/mol.